The molecule has 3 aromatic rings. The van der Waals surface area contributed by atoms with Crippen LogP contribution in [-0.4, -0.2) is 33.8 Å². The molecule has 0 bridgehead atoms. The Hall–Kier alpha value is -3.91. The van der Waals surface area contributed by atoms with Crippen molar-refractivity contribution in [2.45, 2.75) is 39.1 Å². The maximum atomic E-state index is 13.5. The van der Waals surface area contributed by atoms with E-state index < -0.39 is 18.2 Å². The number of carbonyl (C=O) groups excluding carboxylic acids is 3. The number of carbonyl (C=O) groups is 3. The van der Waals surface area contributed by atoms with Gasteiger partial charge in [-0.05, 0) is 47.5 Å². The highest BCUT2D eigenvalue weighted by atomic mass is 35.5. The first-order valence-electron chi connectivity index (χ1n) is 11.6. The predicted molar refractivity (Wildman–Crippen MR) is 136 cm³/mol. The predicted octanol–water partition coefficient (Wildman–Crippen LogP) is 4.71. The molecule has 1 saturated heterocycles. The van der Waals surface area contributed by atoms with E-state index in [1.54, 1.807) is 74.6 Å². The molecule has 4 rings (SSSR count). The van der Waals surface area contributed by atoms with Gasteiger partial charge in [-0.15, -0.1) is 0 Å². The molecule has 3 amide bonds. The van der Waals surface area contributed by atoms with E-state index in [0.29, 0.717) is 22.0 Å². The molecule has 1 fully saturated rings. The second-order valence-electron chi connectivity index (χ2n) is 8.82. The van der Waals surface area contributed by atoms with Gasteiger partial charge in [0, 0.05) is 22.8 Å². The lowest BCUT2D eigenvalue weighted by atomic mass is 10.00. The zero-order chi connectivity index (χ0) is 25.7. The topological polar surface area (TPSA) is 101 Å². The van der Waals surface area contributed by atoms with E-state index in [1.165, 1.54) is 4.90 Å². The van der Waals surface area contributed by atoms with Crippen molar-refractivity contribution in [2.24, 2.45) is 5.92 Å². The highest BCUT2D eigenvalue weighted by Crippen LogP contribution is 2.35. The lowest BCUT2D eigenvalue weighted by Gasteiger charge is -2.24. The molecule has 0 aliphatic carbocycles. The fourth-order valence-electron chi connectivity index (χ4n) is 3.91. The number of hydrogen-bond donors (Lipinski definition) is 2. The Kier molecular flexibility index (Phi) is 7.85. The summed E-state index contributed by atoms with van der Waals surface area (Å²) in [7, 11) is 0. The summed E-state index contributed by atoms with van der Waals surface area (Å²) in [6, 6.07) is 18.6. The van der Waals surface area contributed by atoms with Gasteiger partial charge in [0.15, 0.2) is 12.1 Å². The summed E-state index contributed by atoms with van der Waals surface area (Å²) in [4.78, 5) is 44.3. The minimum absolute atomic E-state index is 0.136. The molecule has 36 heavy (non-hydrogen) atoms. The molecule has 2 atom stereocenters. The molecule has 186 valence electrons. The van der Waals surface area contributed by atoms with Crippen LogP contribution in [0.1, 0.15) is 36.8 Å². The molecule has 1 aliphatic heterocycles. The minimum Gasteiger partial charge on any atom is -0.438 e. The van der Waals surface area contributed by atoms with Crippen molar-refractivity contribution in [3.8, 4) is 0 Å². The average Bonchev–Trinajstić information content (AvgIpc) is 3.19. The third kappa shape index (κ3) is 6.01. The van der Waals surface area contributed by atoms with Crippen LogP contribution in [0.3, 0.4) is 0 Å². The van der Waals surface area contributed by atoms with Crippen LogP contribution in [0.15, 0.2) is 72.9 Å². The number of cyclic esters (lactones) is 1. The molecule has 0 radical (unpaired) electrons. The largest absolute Gasteiger partial charge is 0.438 e. The number of anilines is 1. The Labute approximate surface area is 214 Å². The highest BCUT2D eigenvalue weighted by molar-refractivity contribution is 6.30. The van der Waals surface area contributed by atoms with Gasteiger partial charge in [0.1, 0.15) is 0 Å². The van der Waals surface area contributed by atoms with Gasteiger partial charge in [-0.1, -0.05) is 55.8 Å². The van der Waals surface area contributed by atoms with Crippen LogP contribution >= 0.6 is 11.6 Å². The van der Waals surface area contributed by atoms with Gasteiger partial charge in [-0.2, -0.15) is 0 Å². The summed E-state index contributed by atoms with van der Waals surface area (Å²) >= 11 is 6.13. The molecule has 1 aromatic heterocycles. The zero-order valence-corrected chi connectivity index (χ0v) is 20.7. The van der Waals surface area contributed by atoms with E-state index in [0.717, 1.165) is 5.56 Å². The first kappa shape index (κ1) is 25.2. The van der Waals surface area contributed by atoms with Crippen molar-refractivity contribution in [2.75, 3.05) is 5.32 Å². The number of nitrogens with one attached hydrogen (secondary N) is 2. The number of pyridine rings is 1. The quantitative estimate of drug-likeness (QED) is 0.461. The molecular weight excluding hydrogens is 480 g/mol. The Balaban J connectivity index is 1.62. The second-order valence-corrected chi connectivity index (χ2v) is 9.25. The number of benzene rings is 2. The normalized spacial score (nSPS) is 17.1. The summed E-state index contributed by atoms with van der Waals surface area (Å²) < 4.78 is 5.72. The van der Waals surface area contributed by atoms with Gasteiger partial charge in [0.05, 0.1) is 18.8 Å². The van der Waals surface area contributed by atoms with E-state index in [-0.39, 0.29) is 30.8 Å². The van der Waals surface area contributed by atoms with Crippen molar-refractivity contribution >= 4 is 35.2 Å². The summed E-state index contributed by atoms with van der Waals surface area (Å²) in [6.45, 7) is 3.94. The molecule has 2 heterocycles. The molecule has 0 saturated carbocycles. The molecule has 2 unspecified atom stereocenters. The number of nitrogens with zero attached hydrogens (tertiary/aromatic N) is 2. The van der Waals surface area contributed by atoms with Gasteiger partial charge in [0.25, 0.3) is 0 Å². The van der Waals surface area contributed by atoms with Crippen LogP contribution in [0.4, 0.5) is 10.5 Å². The monoisotopic (exact) mass is 506 g/mol. The maximum absolute atomic E-state index is 13.5. The number of ether oxygens (including phenoxy) is 1. The zero-order valence-electron chi connectivity index (χ0n) is 20.0. The van der Waals surface area contributed by atoms with Crippen molar-refractivity contribution in [1.82, 2.24) is 15.2 Å². The second kappa shape index (κ2) is 11.2. The van der Waals surface area contributed by atoms with E-state index in [2.05, 4.69) is 15.6 Å². The third-order valence-electron chi connectivity index (χ3n) is 5.77. The lowest BCUT2D eigenvalue weighted by molar-refractivity contribution is -0.126. The Morgan fingerprint density at radius 1 is 1.08 bits per heavy atom. The lowest BCUT2D eigenvalue weighted by Crippen LogP contribution is -2.46. The van der Waals surface area contributed by atoms with E-state index >= 15 is 0 Å². The summed E-state index contributed by atoms with van der Waals surface area (Å²) in [6.07, 6.45) is 0.153. The van der Waals surface area contributed by atoms with E-state index in [1.807, 2.05) is 12.1 Å². The first-order chi connectivity index (χ1) is 17.3. The highest BCUT2D eigenvalue weighted by Gasteiger charge is 2.47. The Morgan fingerprint density at radius 3 is 2.61 bits per heavy atom. The van der Waals surface area contributed by atoms with Gasteiger partial charge in [0.2, 0.25) is 11.8 Å². The molecule has 0 spiro atoms. The van der Waals surface area contributed by atoms with Crippen LogP contribution in [0.25, 0.3) is 0 Å². The number of halogens is 1. The first-order valence-corrected chi connectivity index (χ1v) is 12.0. The van der Waals surface area contributed by atoms with Crippen LogP contribution in [-0.2, 0) is 27.4 Å². The summed E-state index contributed by atoms with van der Waals surface area (Å²) in [5, 5.41) is 6.26. The fourth-order valence-corrected chi connectivity index (χ4v) is 4.12. The molecule has 2 aromatic carbocycles. The fraction of sp³-hybridized carbons (Fsp3) is 0.259. The van der Waals surface area contributed by atoms with Crippen molar-refractivity contribution in [1.29, 1.82) is 0 Å². The molecular formula is C27H27ClN4O4. The standard InChI is InChI=1S/C27H27ClN4O4/c1-17(2)25(33)31-21-11-6-8-19(14-21)24-23(26(34)30-15-22-10-3-4-12-29-22)32(27(35)36-24)16-18-7-5-9-20(28)13-18/h3-14,17,23-24H,15-16H2,1-2H3,(H,30,34)(H,31,33). The number of rotatable bonds is 8. The summed E-state index contributed by atoms with van der Waals surface area (Å²) in [5.74, 6) is -0.714. The molecule has 9 heteroatoms. The summed E-state index contributed by atoms with van der Waals surface area (Å²) in [5.41, 5.74) is 2.60. The average molecular weight is 507 g/mol. The van der Waals surface area contributed by atoms with Crippen molar-refractivity contribution < 1.29 is 19.1 Å². The van der Waals surface area contributed by atoms with Gasteiger partial charge in [-0.3, -0.25) is 19.5 Å². The third-order valence-corrected chi connectivity index (χ3v) is 6.01. The number of aromatic nitrogens is 1. The maximum Gasteiger partial charge on any atom is 0.411 e. The van der Waals surface area contributed by atoms with E-state index in [4.69, 9.17) is 16.3 Å². The van der Waals surface area contributed by atoms with Crippen LogP contribution in [0, 0.1) is 5.92 Å². The van der Waals surface area contributed by atoms with Gasteiger partial charge in [-0.25, -0.2) is 4.79 Å². The van der Waals surface area contributed by atoms with Crippen LogP contribution in [0.5, 0.6) is 0 Å². The smallest absolute Gasteiger partial charge is 0.411 e. The minimum atomic E-state index is -0.948. The SMILES string of the molecule is CC(C)C(=O)Nc1cccc(C2OC(=O)N(Cc3cccc(Cl)c3)C2C(=O)NCc2ccccn2)c1. The van der Waals surface area contributed by atoms with Crippen molar-refractivity contribution in [3.63, 3.8) is 0 Å². The van der Waals surface area contributed by atoms with Crippen LogP contribution in [0.2, 0.25) is 5.02 Å². The van der Waals surface area contributed by atoms with Gasteiger partial charge < -0.3 is 15.4 Å². The van der Waals surface area contributed by atoms with Crippen LogP contribution < -0.4 is 10.6 Å². The Bertz CT molecular complexity index is 1250. The van der Waals surface area contributed by atoms with Gasteiger partial charge >= 0.3 is 6.09 Å². The number of amides is 3. The molecule has 1 aliphatic rings. The molecule has 8 nitrogen and oxygen atoms in total. The van der Waals surface area contributed by atoms with Crippen molar-refractivity contribution in [3.05, 3.63) is 94.8 Å². The van der Waals surface area contributed by atoms with E-state index in [9.17, 15) is 14.4 Å². The Morgan fingerprint density at radius 2 is 1.89 bits per heavy atom. The molecule has 2 N–H and O–H groups in total. The number of hydrogen-bond acceptors (Lipinski definition) is 5.